The van der Waals surface area contributed by atoms with Gasteiger partial charge in [0.15, 0.2) is 0 Å². The van der Waals surface area contributed by atoms with E-state index in [0.29, 0.717) is 16.5 Å². The molecule has 1 aromatic heterocycles. The van der Waals surface area contributed by atoms with Crippen LogP contribution in [0.4, 0.5) is 0 Å². The molecule has 0 bridgehead atoms. The number of hydrogen-bond acceptors (Lipinski definition) is 8. The van der Waals surface area contributed by atoms with E-state index in [1.807, 2.05) is 6.07 Å². The van der Waals surface area contributed by atoms with Crippen molar-refractivity contribution in [2.45, 2.75) is 37.3 Å². The van der Waals surface area contributed by atoms with Crippen LogP contribution in [0.1, 0.15) is 18.5 Å². The highest BCUT2D eigenvalue weighted by molar-refractivity contribution is 5.85. The SMILES string of the molecule is CC(=O)N[C@H]1[C@H]([C@H](O)[C@H](O)CO)OC(C(=O)O)=C[C@@H]1n1cc2cc(C#N)ccc2n1. The fourth-order valence-corrected chi connectivity index (χ4v) is 3.35. The maximum absolute atomic E-state index is 11.8. The number of hydrogen-bond donors (Lipinski definition) is 5. The molecular formula is C19H20N4O7. The molecule has 0 radical (unpaired) electrons. The number of amides is 1. The fourth-order valence-electron chi connectivity index (χ4n) is 3.35. The number of carbonyl (C=O) groups is 2. The fraction of sp³-hybridized carbons (Fsp3) is 0.368. The van der Waals surface area contributed by atoms with Crippen molar-refractivity contribution in [1.29, 1.82) is 5.26 Å². The molecule has 11 heteroatoms. The molecule has 158 valence electrons. The van der Waals surface area contributed by atoms with E-state index in [4.69, 9.17) is 10.00 Å². The van der Waals surface area contributed by atoms with Gasteiger partial charge >= 0.3 is 5.97 Å². The number of ether oxygens (including phenoxy) is 1. The van der Waals surface area contributed by atoms with E-state index in [9.17, 15) is 30.0 Å². The Kier molecular flexibility index (Phi) is 6.02. The van der Waals surface area contributed by atoms with Crippen LogP contribution in [0.5, 0.6) is 0 Å². The van der Waals surface area contributed by atoms with Crippen molar-refractivity contribution >= 4 is 22.8 Å². The number of rotatable bonds is 6. The molecule has 0 aliphatic carbocycles. The number of nitrogens with zero attached hydrogens (tertiary/aromatic N) is 3. The molecule has 1 aromatic carbocycles. The zero-order chi connectivity index (χ0) is 22.0. The first-order chi connectivity index (χ1) is 14.2. The highest BCUT2D eigenvalue weighted by Crippen LogP contribution is 2.31. The van der Waals surface area contributed by atoms with Crippen LogP contribution in [0.3, 0.4) is 0 Å². The number of aromatic nitrogens is 2. The van der Waals surface area contributed by atoms with Crippen molar-refractivity contribution in [1.82, 2.24) is 15.1 Å². The summed E-state index contributed by atoms with van der Waals surface area (Å²) in [5.74, 6) is -2.41. The monoisotopic (exact) mass is 416 g/mol. The predicted octanol–water partition coefficient (Wildman–Crippen LogP) is -0.965. The molecule has 1 amide bonds. The Morgan fingerprint density at radius 1 is 1.40 bits per heavy atom. The maximum Gasteiger partial charge on any atom is 0.370 e. The lowest BCUT2D eigenvalue weighted by atomic mass is 9.92. The highest BCUT2D eigenvalue weighted by atomic mass is 16.5. The summed E-state index contributed by atoms with van der Waals surface area (Å²) in [5, 5.41) is 55.6. The number of aliphatic hydroxyl groups is 3. The van der Waals surface area contributed by atoms with Gasteiger partial charge in [0.25, 0.3) is 0 Å². The summed E-state index contributed by atoms with van der Waals surface area (Å²) < 4.78 is 6.74. The van der Waals surface area contributed by atoms with Gasteiger partial charge in [-0.3, -0.25) is 9.48 Å². The van der Waals surface area contributed by atoms with Gasteiger partial charge in [0.05, 0.1) is 35.8 Å². The van der Waals surface area contributed by atoms with Gasteiger partial charge in [0.1, 0.15) is 18.3 Å². The number of aliphatic carboxylic acids is 1. The van der Waals surface area contributed by atoms with Crippen LogP contribution in [0.2, 0.25) is 0 Å². The molecule has 2 aromatic rings. The lowest BCUT2D eigenvalue weighted by molar-refractivity contribution is -0.147. The summed E-state index contributed by atoms with van der Waals surface area (Å²) in [7, 11) is 0. The molecular weight excluding hydrogens is 396 g/mol. The van der Waals surface area contributed by atoms with Gasteiger partial charge in [0, 0.05) is 18.5 Å². The van der Waals surface area contributed by atoms with Gasteiger partial charge in [-0.15, -0.1) is 0 Å². The summed E-state index contributed by atoms with van der Waals surface area (Å²) in [6.07, 6.45) is -1.92. The average molecular weight is 416 g/mol. The molecule has 0 saturated carbocycles. The Labute approximate surface area is 170 Å². The van der Waals surface area contributed by atoms with Crippen LogP contribution in [0, 0.1) is 11.3 Å². The molecule has 0 saturated heterocycles. The average Bonchev–Trinajstić information content (AvgIpc) is 3.15. The summed E-state index contributed by atoms with van der Waals surface area (Å²) in [5.41, 5.74) is 0.938. The molecule has 0 spiro atoms. The minimum atomic E-state index is -1.70. The highest BCUT2D eigenvalue weighted by Gasteiger charge is 2.44. The third-order valence-corrected chi connectivity index (χ3v) is 4.76. The molecule has 0 fully saturated rings. The Balaban J connectivity index is 2.11. The van der Waals surface area contributed by atoms with E-state index in [1.54, 1.807) is 24.4 Å². The van der Waals surface area contributed by atoms with Gasteiger partial charge in [-0.1, -0.05) is 0 Å². The van der Waals surface area contributed by atoms with Crippen LogP contribution >= 0.6 is 0 Å². The first-order valence-electron chi connectivity index (χ1n) is 9.00. The van der Waals surface area contributed by atoms with Gasteiger partial charge in [-0.25, -0.2) is 4.79 Å². The van der Waals surface area contributed by atoms with E-state index in [2.05, 4.69) is 10.4 Å². The van der Waals surface area contributed by atoms with Crippen LogP contribution in [-0.4, -0.2) is 73.0 Å². The standard InChI is InChI=1S/C19H20N4O7/c1-9(25)21-16-13(23-7-11-4-10(6-20)2-3-12(11)22-23)5-15(19(28)29)30-18(16)17(27)14(26)8-24/h2-5,7,13-14,16-18,24,26-27H,8H2,1H3,(H,21,25)(H,28,29)/t13-,14+,16+,17+,18+/m0/s1. The summed E-state index contributed by atoms with van der Waals surface area (Å²) in [4.78, 5) is 23.4. The van der Waals surface area contributed by atoms with Crippen molar-refractivity contribution in [3.05, 3.63) is 41.8 Å². The number of nitrogens with one attached hydrogen (secondary N) is 1. The number of benzene rings is 1. The van der Waals surface area contributed by atoms with Crippen molar-refractivity contribution in [3.63, 3.8) is 0 Å². The van der Waals surface area contributed by atoms with Crippen LogP contribution in [0.15, 0.2) is 36.2 Å². The third kappa shape index (κ3) is 4.11. The number of nitriles is 1. The number of carbonyl (C=O) groups excluding carboxylic acids is 1. The summed E-state index contributed by atoms with van der Waals surface area (Å²) >= 11 is 0. The van der Waals surface area contributed by atoms with Crippen molar-refractivity contribution in [3.8, 4) is 6.07 Å². The Hall–Kier alpha value is -3.46. The van der Waals surface area contributed by atoms with Crippen molar-refractivity contribution in [2.24, 2.45) is 0 Å². The van der Waals surface area contributed by atoms with E-state index in [1.165, 1.54) is 17.7 Å². The van der Waals surface area contributed by atoms with E-state index in [0.717, 1.165) is 0 Å². The molecule has 30 heavy (non-hydrogen) atoms. The molecule has 1 aliphatic heterocycles. The predicted molar refractivity (Wildman–Crippen MR) is 101 cm³/mol. The topological polar surface area (TPSA) is 178 Å². The van der Waals surface area contributed by atoms with Crippen LogP contribution in [-0.2, 0) is 14.3 Å². The second-order valence-electron chi connectivity index (χ2n) is 6.87. The quantitative estimate of drug-likeness (QED) is 0.396. The summed E-state index contributed by atoms with van der Waals surface area (Å²) in [6.45, 7) is 0.436. The Bertz CT molecular complexity index is 1040. The van der Waals surface area contributed by atoms with Gasteiger partial charge in [0.2, 0.25) is 11.7 Å². The van der Waals surface area contributed by atoms with Crippen molar-refractivity contribution in [2.75, 3.05) is 6.61 Å². The molecule has 2 heterocycles. The zero-order valence-corrected chi connectivity index (χ0v) is 15.8. The molecule has 1 aliphatic rings. The Morgan fingerprint density at radius 2 is 2.13 bits per heavy atom. The lowest BCUT2D eigenvalue weighted by Crippen LogP contribution is -2.58. The minimum Gasteiger partial charge on any atom is -0.478 e. The molecule has 0 unspecified atom stereocenters. The number of carboxylic acids is 1. The normalized spacial score (nSPS) is 23.0. The van der Waals surface area contributed by atoms with Crippen LogP contribution in [0.25, 0.3) is 10.9 Å². The first kappa shape index (κ1) is 21.3. The number of carboxylic acid groups (broad SMARTS) is 1. The molecule has 5 atom stereocenters. The number of fused-ring (bicyclic) bond motifs is 1. The second-order valence-corrected chi connectivity index (χ2v) is 6.87. The third-order valence-electron chi connectivity index (χ3n) is 4.76. The molecule has 5 N–H and O–H groups in total. The first-order valence-corrected chi connectivity index (χ1v) is 9.00. The molecule has 3 rings (SSSR count). The zero-order valence-electron chi connectivity index (χ0n) is 15.8. The van der Waals surface area contributed by atoms with E-state index >= 15 is 0 Å². The van der Waals surface area contributed by atoms with Gasteiger partial charge in [-0.05, 0) is 24.3 Å². The van der Waals surface area contributed by atoms with Crippen molar-refractivity contribution < 1.29 is 34.8 Å². The lowest BCUT2D eigenvalue weighted by Gasteiger charge is -2.39. The van der Waals surface area contributed by atoms with E-state index < -0.39 is 54.6 Å². The number of aliphatic hydroxyl groups excluding tert-OH is 3. The molecule has 11 nitrogen and oxygen atoms in total. The minimum absolute atomic E-state index is 0.411. The summed E-state index contributed by atoms with van der Waals surface area (Å²) in [6, 6.07) is 4.90. The van der Waals surface area contributed by atoms with Gasteiger partial charge < -0.3 is 30.5 Å². The smallest absolute Gasteiger partial charge is 0.370 e. The van der Waals surface area contributed by atoms with Crippen LogP contribution < -0.4 is 5.32 Å². The van der Waals surface area contributed by atoms with E-state index in [-0.39, 0.29) is 0 Å². The van der Waals surface area contributed by atoms with Gasteiger partial charge in [-0.2, -0.15) is 10.4 Å². The largest absolute Gasteiger partial charge is 0.478 e. The Morgan fingerprint density at radius 3 is 2.73 bits per heavy atom. The second kappa shape index (κ2) is 8.50. The maximum atomic E-state index is 11.8.